The summed E-state index contributed by atoms with van der Waals surface area (Å²) in [6, 6.07) is 16.4. The normalized spacial score (nSPS) is 14.7. The van der Waals surface area contributed by atoms with Crippen LogP contribution in [0, 0.1) is 19.8 Å². The minimum absolute atomic E-state index is 0.0308. The molecule has 1 fully saturated rings. The van der Waals surface area contributed by atoms with Crippen molar-refractivity contribution in [1.82, 2.24) is 29.9 Å². The number of carbonyl (C=O) groups excluding carboxylic acids is 1. The van der Waals surface area contributed by atoms with Crippen LogP contribution < -0.4 is 5.32 Å². The number of hydrogen-bond donors (Lipinski definition) is 1. The van der Waals surface area contributed by atoms with Crippen molar-refractivity contribution in [2.75, 3.05) is 13.1 Å². The van der Waals surface area contributed by atoms with Gasteiger partial charge in [0.15, 0.2) is 0 Å². The number of likely N-dealkylation sites (tertiary alicyclic amines) is 1. The molecule has 3 heterocycles. The molecule has 8 heteroatoms. The third kappa shape index (κ3) is 5.71. The first-order chi connectivity index (χ1) is 17.5. The lowest BCUT2D eigenvalue weighted by Crippen LogP contribution is -2.40. The number of piperidine rings is 1. The van der Waals surface area contributed by atoms with Gasteiger partial charge in [0.05, 0.1) is 6.54 Å². The highest BCUT2D eigenvalue weighted by atomic mass is 16.5. The van der Waals surface area contributed by atoms with Crippen LogP contribution in [0.5, 0.6) is 0 Å². The van der Waals surface area contributed by atoms with Gasteiger partial charge in [-0.05, 0) is 56.5 Å². The monoisotopic (exact) mass is 484 g/mol. The van der Waals surface area contributed by atoms with Crippen molar-refractivity contribution >= 4 is 5.91 Å². The molecule has 186 valence electrons. The Balaban J connectivity index is 1.09. The molecule has 0 radical (unpaired) electrons. The summed E-state index contributed by atoms with van der Waals surface area (Å²) in [6.45, 7) is 7.63. The number of hydrogen-bond acceptors (Lipinski definition) is 6. The first-order valence-corrected chi connectivity index (χ1v) is 12.5. The van der Waals surface area contributed by atoms with E-state index < -0.39 is 0 Å². The Morgan fingerprint density at radius 3 is 2.64 bits per heavy atom. The van der Waals surface area contributed by atoms with E-state index in [9.17, 15) is 4.79 Å². The van der Waals surface area contributed by atoms with Crippen molar-refractivity contribution in [3.63, 3.8) is 0 Å². The van der Waals surface area contributed by atoms with Crippen molar-refractivity contribution < 1.29 is 9.32 Å². The SMILES string of the molecule is Cc1ccccc1-c1noc(CN2CCC(C(=O)NCc3cccc(Cn4ccnc4C)c3)CC2)n1. The fraction of sp³-hybridized carbons (Fsp3) is 0.357. The van der Waals surface area contributed by atoms with Crippen molar-refractivity contribution in [1.29, 1.82) is 0 Å². The lowest BCUT2D eigenvalue weighted by molar-refractivity contribution is -0.126. The zero-order valence-electron chi connectivity index (χ0n) is 20.9. The summed E-state index contributed by atoms with van der Waals surface area (Å²) in [4.78, 5) is 24.0. The Labute approximate surface area is 211 Å². The van der Waals surface area contributed by atoms with Gasteiger partial charge in [0, 0.05) is 37.0 Å². The Hall–Kier alpha value is -3.78. The topological polar surface area (TPSA) is 89.1 Å². The molecule has 1 saturated heterocycles. The van der Waals surface area contributed by atoms with Crippen LogP contribution in [0.4, 0.5) is 0 Å². The Morgan fingerprint density at radius 1 is 1.06 bits per heavy atom. The van der Waals surface area contributed by atoms with E-state index in [-0.39, 0.29) is 11.8 Å². The van der Waals surface area contributed by atoms with Crippen LogP contribution in [-0.2, 0) is 24.4 Å². The average molecular weight is 485 g/mol. The highest BCUT2D eigenvalue weighted by Gasteiger charge is 2.26. The fourth-order valence-corrected chi connectivity index (χ4v) is 4.74. The highest BCUT2D eigenvalue weighted by molar-refractivity contribution is 5.78. The van der Waals surface area contributed by atoms with Gasteiger partial charge in [-0.25, -0.2) is 4.98 Å². The second kappa shape index (κ2) is 10.9. The van der Waals surface area contributed by atoms with E-state index in [1.54, 1.807) is 0 Å². The third-order valence-electron chi connectivity index (χ3n) is 6.91. The van der Waals surface area contributed by atoms with Gasteiger partial charge in [-0.15, -0.1) is 0 Å². The van der Waals surface area contributed by atoms with Gasteiger partial charge < -0.3 is 14.4 Å². The fourth-order valence-electron chi connectivity index (χ4n) is 4.74. The smallest absolute Gasteiger partial charge is 0.241 e. The molecule has 1 N–H and O–H groups in total. The number of carbonyl (C=O) groups is 1. The molecule has 0 saturated carbocycles. The van der Waals surface area contributed by atoms with E-state index in [2.05, 4.69) is 48.1 Å². The average Bonchev–Trinajstić information content (AvgIpc) is 3.52. The molecule has 36 heavy (non-hydrogen) atoms. The zero-order chi connectivity index (χ0) is 24.9. The third-order valence-corrected chi connectivity index (χ3v) is 6.91. The minimum atomic E-state index is 0.0308. The second-order valence-electron chi connectivity index (χ2n) is 9.52. The van der Waals surface area contributed by atoms with Gasteiger partial charge in [0.25, 0.3) is 0 Å². The first kappa shape index (κ1) is 23.9. The molecule has 1 aliphatic heterocycles. The van der Waals surface area contributed by atoms with E-state index in [0.717, 1.165) is 55.0 Å². The van der Waals surface area contributed by atoms with Crippen molar-refractivity contribution in [3.05, 3.63) is 89.3 Å². The van der Waals surface area contributed by atoms with Crippen LogP contribution in [-0.4, -0.2) is 43.6 Å². The van der Waals surface area contributed by atoms with E-state index >= 15 is 0 Å². The van der Waals surface area contributed by atoms with Gasteiger partial charge in [-0.2, -0.15) is 4.98 Å². The first-order valence-electron chi connectivity index (χ1n) is 12.5. The molecule has 1 aliphatic rings. The number of nitrogens with zero attached hydrogens (tertiary/aromatic N) is 5. The van der Waals surface area contributed by atoms with E-state index in [1.807, 2.05) is 56.6 Å². The summed E-state index contributed by atoms with van der Waals surface area (Å²) < 4.78 is 7.61. The maximum absolute atomic E-state index is 12.8. The van der Waals surface area contributed by atoms with Gasteiger partial charge >= 0.3 is 0 Å². The standard InChI is InChI=1S/C28H32N6O2/c1-20-6-3-4-9-25(20)27-31-26(36-32-27)19-33-13-10-24(11-14-33)28(35)30-17-22-7-5-8-23(16-22)18-34-15-12-29-21(34)2/h3-9,12,15-16,24H,10-11,13-14,17-19H2,1-2H3,(H,30,35). The van der Waals surface area contributed by atoms with Gasteiger partial charge in [-0.3, -0.25) is 9.69 Å². The summed E-state index contributed by atoms with van der Waals surface area (Å²) in [5.41, 5.74) is 4.42. The Kier molecular flexibility index (Phi) is 7.23. The van der Waals surface area contributed by atoms with Gasteiger partial charge in [0.2, 0.25) is 17.6 Å². The quantitative estimate of drug-likeness (QED) is 0.405. The summed E-state index contributed by atoms with van der Waals surface area (Å²) in [5.74, 6) is 2.39. The molecule has 0 aliphatic carbocycles. The number of rotatable bonds is 8. The molecule has 0 spiro atoms. The molecule has 8 nitrogen and oxygen atoms in total. The molecular weight excluding hydrogens is 452 g/mol. The Morgan fingerprint density at radius 2 is 1.86 bits per heavy atom. The van der Waals surface area contributed by atoms with E-state index in [1.165, 1.54) is 5.56 Å². The van der Waals surface area contributed by atoms with Crippen molar-refractivity contribution in [2.24, 2.45) is 5.92 Å². The predicted octanol–water partition coefficient (Wildman–Crippen LogP) is 4.13. The van der Waals surface area contributed by atoms with Crippen LogP contribution in [0.25, 0.3) is 11.4 Å². The lowest BCUT2D eigenvalue weighted by Gasteiger charge is -2.30. The lowest BCUT2D eigenvalue weighted by atomic mass is 9.96. The summed E-state index contributed by atoms with van der Waals surface area (Å²) >= 11 is 0. The molecule has 1 amide bonds. The van der Waals surface area contributed by atoms with Crippen LogP contribution in [0.1, 0.15) is 41.2 Å². The number of amides is 1. The minimum Gasteiger partial charge on any atom is -0.352 e. The number of benzene rings is 2. The zero-order valence-corrected chi connectivity index (χ0v) is 20.9. The molecule has 2 aromatic heterocycles. The molecule has 5 rings (SSSR count). The number of nitrogens with one attached hydrogen (secondary N) is 1. The molecule has 0 atom stereocenters. The summed E-state index contributed by atoms with van der Waals surface area (Å²) in [5, 5.41) is 7.30. The van der Waals surface area contributed by atoms with Crippen LogP contribution >= 0.6 is 0 Å². The largest absolute Gasteiger partial charge is 0.352 e. The highest BCUT2D eigenvalue weighted by Crippen LogP contribution is 2.22. The maximum atomic E-state index is 12.8. The molecule has 0 unspecified atom stereocenters. The summed E-state index contributed by atoms with van der Waals surface area (Å²) in [7, 11) is 0. The second-order valence-corrected chi connectivity index (χ2v) is 9.52. The number of aryl methyl sites for hydroxylation is 2. The predicted molar refractivity (Wildman–Crippen MR) is 137 cm³/mol. The van der Waals surface area contributed by atoms with E-state index in [0.29, 0.717) is 24.8 Å². The summed E-state index contributed by atoms with van der Waals surface area (Å²) in [6.07, 6.45) is 5.45. The maximum Gasteiger partial charge on any atom is 0.241 e. The van der Waals surface area contributed by atoms with Crippen LogP contribution in [0.15, 0.2) is 65.4 Å². The van der Waals surface area contributed by atoms with Crippen molar-refractivity contribution in [3.8, 4) is 11.4 Å². The molecule has 4 aromatic rings. The van der Waals surface area contributed by atoms with E-state index in [4.69, 9.17) is 4.52 Å². The van der Waals surface area contributed by atoms with Crippen molar-refractivity contribution in [2.45, 2.75) is 46.3 Å². The van der Waals surface area contributed by atoms with Gasteiger partial charge in [0.1, 0.15) is 5.82 Å². The van der Waals surface area contributed by atoms with Crippen LogP contribution in [0.3, 0.4) is 0 Å². The number of imidazole rings is 1. The van der Waals surface area contributed by atoms with Gasteiger partial charge in [-0.1, -0.05) is 53.7 Å². The Bertz CT molecular complexity index is 1320. The molecule has 0 bridgehead atoms. The number of aromatic nitrogens is 4. The van der Waals surface area contributed by atoms with Crippen LogP contribution in [0.2, 0.25) is 0 Å². The molecule has 2 aromatic carbocycles. The molecular formula is C28H32N6O2.